The lowest BCUT2D eigenvalue weighted by Gasteiger charge is -2.25. The number of primary sulfonamides is 1. The number of hydrogen-bond acceptors (Lipinski definition) is 4. The van der Waals surface area contributed by atoms with Gasteiger partial charge in [-0.1, -0.05) is 12.1 Å². The van der Waals surface area contributed by atoms with E-state index in [9.17, 15) is 13.2 Å². The highest BCUT2D eigenvalue weighted by Crippen LogP contribution is 2.23. The van der Waals surface area contributed by atoms with Crippen molar-refractivity contribution < 1.29 is 13.2 Å². The Morgan fingerprint density at radius 3 is 2.24 bits per heavy atom. The summed E-state index contributed by atoms with van der Waals surface area (Å²) in [6.45, 7) is 0.381. The van der Waals surface area contributed by atoms with Crippen LogP contribution in [0.2, 0.25) is 0 Å². The van der Waals surface area contributed by atoms with Gasteiger partial charge in [0, 0.05) is 18.5 Å². The summed E-state index contributed by atoms with van der Waals surface area (Å²) < 4.78 is 22.3. The third-order valence-electron chi connectivity index (χ3n) is 3.86. The van der Waals surface area contributed by atoms with Gasteiger partial charge in [0.15, 0.2) is 0 Å². The Labute approximate surface area is 124 Å². The molecule has 21 heavy (non-hydrogen) atoms. The molecule has 0 bridgehead atoms. The Morgan fingerprint density at radius 1 is 1.14 bits per heavy atom. The fourth-order valence-electron chi connectivity index (χ4n) is 2.51. The van der Waals surface area contributed by atoms with E-state index >= 15 is 0 Å². The van der Waals surface area contributed by atoms with Gasteiger partial charge in [0.25, 0.3) is 0 Å². The first-order chi connectivity index (χ1) is 9.86. The third kappa shape index (κ3) is 4.52. The van der Waals surface area contributed by atoms with Crippen LogP contribution in [0, 0.1) is 5.92 Å². The standard InChI is InChI=1S/C14H21N3O3S/c15-12-5-3-11(4-6-12)14(18)17-9-10-1-7-13(8-2-10)21(16,19)20/h1-2,7-8,11-12H,3-6,9,15H2,(H,17,18)(H2,16,19,20). The van der Waals surface area contributed by atoms with Gasteiger partial charge in [-0.15, -0.1) is 0 Å². The van der Waals surface area contributed by atoms with Gasteiger partial charge in [-0.2, -0.15) is 0 Å². The van der Waals surface area contributed by atoms with Gasteiger partial charge in [0.05, 0.1) is 4.90 Å². The zero-order chi connectivity index (χ0) is 15.5. The molecule has 0 atom stereocenters. The molecule has 0 aromatic heterocycles. The highest BCUT2D eigenvalue weighted by atomic mass is 32.2. The molecular weight excluding hydrogens is 290 g/mol. The third-order valence-corrected chi connectivity index (χ3v) is 4.79. The lowest BCUT2D eigenvalue weighted by Crippen LogP contribution is -2.35. The maximum Gasteiger partial charge on any atom is 0.238 e. The number of carbonyl (C=O) groups excluding carboxylic acids is 1. The van der Waals surface area contributed by atoms with Crippen molar-refractivity contribution in [3.63, 3.8) is 0 Å². The number of carbonyl (C=O) groups is 1. The Balaban J connectivity index is 1.87. The molecule has 0 aliphatic heterocycles. The Morgan fingerprint density at radius 2 is 1.71 bits per heavy atom. The van der Waals surface area contributed by atoms with Crippen molar-refractivity contribution in [3.8, 4) is 0 Å². The predicted molar refractivity (Wildman–Crippen MR) is 79.6 cm³/mol. The minimum Gasteiger partial charge on any atom is -0.352 e. The van der Waals surface area contributed by atoms with Crippen molar-refractivity contribution in [1.29, 1.82) is 0 Å². The van der Waals surface area contributed by atoms with E-state index in [1.54, 1.807) is 12.1 Å². The van der Waals surface area contributed by atoms with Gasteiger partial charge in [-0.25, -0.2) is 13.6 Å². The highest BCUT2D eigenvalue weighted by Gasteiger charge is 2.24. The smallest absolute Gasteiger partial charge is 0.238 e. The summed E-state index contributed by atoms with van der Waals surface area (Å²) in [7, 11) is -3.67. The van der Waals surface area contributed by atoms with Crippen molar-refractivity contribution in [2.24, 2.45) is 16.8 Å². The lowest BCUT2D eigenvalue weighted by molar-refractivity contribution is -0.126. The van der Waals surface area contributed by atoms with Gasteiger partial charge < -0.3 is 11.1 Å². The molecule has 1 aliphatic rings. The van der Waals surface area contributed by atoms with E-state index in [0.29, 0.717) is 6.54 Å². The second-order valence-corrected chi connectivity index (χ2v) is 7.08. The Kier molecular flexibility index (Phi) is 4.97. The molecule has 2 rings (SSSR count). The molecule has 0 unspecified atom stereocenters. The Bertz CT molecular complexity index is 590. The molecule has 1 aromatic carbocycles. The summed E-state index contributed by atoms with van der Waals surface area (Å²) in [5, 5.41) is 7.91. The van der Waals surface area contributed by atoms with Gasteiger partial charge in [-0.05, 0) is 43.4 Å². The molecule has 1 amide bonds. The fourth-order valence-corrected chi connectivity index (χ4v) is 3.03. The maximum atomic E-state index is 12.0. The molecule has 1 aromatic rings. The van der Waals surface area contributed by atoms with Crippen LogP contribution < -0.4 is 16.2 Å². The van der Waals surface area contributed by atoms with E-state index in [4.69, 9.17) is 10.9 Å². The fraction of sp³-hybridized carbons (Fsp3) is 0.500. The first-order valence-corrected chi connectivity index (χ1v) is 8.56. The molecule has 0 spiro atoms. The normalized spacial score (nSPS) is 22.8. The predicted octanol–water partition coefficient (Wildman–Crippen LogP) is 0.468. The van der Waals surface area contributed by atoms with Crippen LogP contribution in [0.4, 0.5) is 0 Å². The quantitative estimate of drug-likeness (QED) is 0.749. The van der Waals surface area contributed by atoms with Crippen LogP contribution in [0.25, 0.3) is 0 Å². The minimum absolute atomic E-state index is 0.0356. The van der Waals surface area contributed by atoms with Crippen LogP contribution in [-0.4, -0.2) is 20.4 Å². The summed E-state index contributed by atoms with van der Waals surface area (Å²) in [5.74, 6) is 0.0749. The van der Waals surface area contributed by atoms with Gasteiger partial charge in [-0.3, -0.25) is 4.79 Å². The van der Waals surface area contributed by atoms with E-state index in [-0.39, 0.29) is 22.8 Å². The number of benzene rings is 1. The lowest BCUT2D eigenvalue weighted by atomic mass is 9.86. The number of nitrogens with one attached hydrogen (secondary N) is 1. The Hall–Kier alpha value is -1.44. The average Bonchev–Trinajstić information content (AvgIpc) is 2.45. The second-order valence-electron chi connectivity index (χ2n) is 5.52. The molecule has 0 heterocycles. The number of hydrogen-bond donors (Lipinski definition) is 3. The van der Waals surface area contributed by atoms with Crippen LogP contribution in [0.1, 0.15) is 31.2 Å². The summed E-state index contributed by atoms with van der Waals surface area (Å²) in [4.78, 5) is 12.1. The summed E-state index contributed by atoms with van der Waals surface area (Å²) in [6, 6.07) is 6.40. The summed E-state index contributed by atoms with van der Waals surface area (Å²) in [6.07, 6.45) is 3.44. The maximum absolute atomic E-state index is 12.0. The van der Waals surface area contributed by atoms with Crippen LogP contribution in [0.15, 0.2) is 29.2 Å². The van der Waals surface area contributed by atoms with E-state index in [1.165, 1.54) is 12.1 Å². The SMILES string of the molecule is NC1CCC(C(=O)NCc2ccc(S(N)(=O)=O)cc2)CC1. The first kappa shape index (κ1) is 15.9. The monoisotopic (exact) mass is 311 g/mol. The van der Waals surface area contributed by atoms with E-state index in [1.807, 2.05) is 0 Å². The van der Waals surface area contributed by atoms with Crippen LogP contribution in [-0.2, 0) is 21.4 Å². The van der Waals surface area contributed by atoms with Crippen LogP contribution >= 0.6 is 0 Å². The molecule has 1 aliphatic carbocycles. The molecule has 116 valence electrons. The minimum atomic E-state index is -3.67. The van der Waals surface area contributed by atoms with Crippen LogP contribution in [0.3, 0.4) is 0 Å². The average molecular weight is 311 g/mol. The number of rotatable bonds is 4. The van der Waals surface area contributed by atoms with Crippen molar-refractivity contribution in [2.45, 2.75) is 43.2 Å². The van der Waals surface area contributed by atoms with E-state index in [0.717, 1.165) is 31.2 Å². The van der Waals surface area contributed by atoms with Gasteiger partial charge in [0.2, 0.25) is 15.9 Å². The zero-order valence-electron chi connectivity index (χ0n) is 11.8. The van der Waals surface area contributed by atoms with Crippen molar-refractivity contribution in [2.75, 3.05) is 0 Å². The van der Waals surface area contributed by atoms with Gasteiger partial charge >= 0.3 is 0 Å². The highest BCUT2D eigenvalue weighted by molar-refractivity contribution is 7.89. The number of sulfonamides is 1. The summed E-state index contributed by atoms with van der Waals surface area (Å²) >= 11 is 0. The molecule has 1 fully saturated rings. The number of amides is 1. The molecular formula is C14H21N3O3S. The molecule has 0 radical (unpaired) electrons. The largest absolute Gasteiger partial charge is 0.352 e. The van der Waals surface area contributed by atoms with Crippen molar-refractivity contribution in [3.05, 3.63) is 29.8 Å². The molecule has 5 N–H and O–H groups in total. The number of nitrogens with two attached hydrogens (primary N) is 2. The molecule has 0 saturated heterocycles. The summed E-state index contributed by atoms with van der Waals surface area (Å²) in [5.41, 5.74) is 6.66. The van der Waals surface area contributed by atoms with Crippen LogP contribution in [0.5, 0.6) is 0 Å². The van der Waals surface area contributed by atoms with Gasteiger partial charge in [0.1, 0.15) is 0 Å². The van der Waals surface area contributed by atoms with E-state index < -0.39 is 10.0 Å². The first-order valence-electron chi connectivity index (χ1n) is 7.01. The van der Waals surface area contributed by atoms with Crippen molar-refractivity contribution >= 4 is 15.9 Å². The van der Waals surface area contributed by atoms with Crippen molar-refractivity contribution in [1.82, 2.24) is 5.32 Å². The molecule has 6 nitrogen and oxygen atoms in total. The van der Waals surface area contributed by atoms with E-state index in [2.05, 4.69) is 5.32 Å². The zero-order valence-corrected chi connectivity index (χ0v) is 12.6. The topological polar surface area (TPSA) is 115 Å². The second kappa shape index (κ2) is 6.55. The molecule has 1 saturated carbocycles. The molecule has 7 heteroatoms.